The lowest BCUT2D eigenvalue weighted by Crippen LogP contribution is -2.13. The van der Waals surface area contributed by atoms with E-state index in [0.29, 0.717) is 39.8 Å². The van der Waals surface area contributed by atoms with Crippen LogP contribution in [0.2, 0.25) is 0 Å². The predicted octanol–water partition coefficient (Wildman–Crippen LogP) is 4.29. The Hall–Kier alpha value is -3.65. The van der Waals surface area contributed by atoms with Gasteiger partial charge in [0.1, 0.15) is 0 Å². The highest BCUT2D eigenvalue weighted by Crippen LogP contribution is 2.29. The number of carboxylic acid groups (broad SMARTS) is 1. The molecule has 0 aliphatic carbocycles. The first-order chi connectivity index (χ1) is 14.4. The van der Waals surface area contributed by atoms with E-state index in [1.807, 2.05) is 6.92 Å². The smallest absolute Gasteiger partial charge is 0.336 e. The van der Waals surface area contributed by atoms with Crippen molar-refractivity contribution in [3.8, 4) is 5.88 Å². The summed E-state index contributed by atoms with van der Waals surface area (Å²) < 4.78 is 34.0. The van der Waals surface area contributed by atoms with Gasteiger partial charge >= 0.3 is 5.97 Å². The van der Waals surface area contributed by atoms with Crippen LogP contribution in [0.5, 0.6) is 5.88 Å². The highest BCUT2D eigenvalue weighted by atomic mass is 32.2. The molecule has 0 aliphatic heterocycles. The van der Waals surface area contributed by atoms with E-state index >= 15 is 0 Å². The van der Waals surface area contributed by atoms with E-state index < -0.39 is 16.0 Å². The van der Waals surface area contributed by atoms with Gasteiger partial charge in [-0.05, 0) is 48.7 Å². The Labute approximate surface area is 173 Å². The van der Waals surface area contributed by atoms with Gasteiger partial charge in [0.25, 0.3) is 10.0 Å². The number of benzene rings is 3. The lowest BCUT2D eigenvalue weighted by molar-refractivity contribution is 0.0699. The maximum absolute atomic E-state index is 13.0. The number of aromatic nitrogens is 1. The molecular weight excluding hydrogens is 404 g/mol. The Morgan fingerprint density at radius 3 is 2.53 bits per heavy atom. The average molecular weight is 422 g/mol. The summed E-state index contributed by atoms with van der Waals surface area (Å²) >= 11 is 0. The van der Waals surface area contributed by atoms with Gasteiger partial charge in [0.2, 0.25) is 5.88 Å². The van der Waals surface area contributed by atoms with Gasteiger partial charge in [0.05, 0.1) is 28.3 Å². The topological polar surface area (TPSA) is 106 Å². The van der Waals surface area contributed by atoms with E-state index in [-0.39, 0.29) is 10.5 Å². The number of nitrogens with one attached hydrogen (secondary N) is 1. The predicted molar refractivity (Wildman–Crippen MR) is 115 cm³/mol. The van der Waals surface area contributed by atoms with Crippen LogP contribution in [0.4, 0.5) is 5.69 Å². The van der Waals surface area contributed by atoms with E-state index in [0.717, 1.165) is 0 Å². The number of nitrogens with zero attached hydrogens (tertiary/aromatic N) is 1. The Kier molecular flexibility index (Phi) is 5.01. The first-order valence-electron chi connectivity index (χ1n) is 9.20. The zero-order valence-corrected chi connectivity index (χ0v) is 16.8. The van der Waals surface area contributed by atoms with Gasteiger partial charge in [-0.3, -0.25) is 4.72 Å². The number of carboxylic acids is 1. The molecule has 3 aromatic carbocycles. The highest BCUT2D eigenvalue weighted by molar-refractivity contribution is 7.92. The number of fused-ring (bicyclic) bond motifs is 2. The lowest BCUT2D eigenvalue weighted by Gasteiger charge is -2.13. The number of carbonyl (C=O) groups is 1. The van der Waals surface area contributed by atoms with E-state index in [1.165, 1.54) is 24.3 Å². The van der Waals surface area contributed by atoms with E-state index in [1.54, 1.807) is 42.5 Å². The monoisotopic (exact) mass is 422 g/mol. The van der Waals surface area contributed by atoms with Crippen molar-refractivity contribution >= 4 is 43.4 Å². The molecule has 7 nitrogen and oxygen atoms in total. The molecule has 0 atom stereocenters. The maximum atomic E-state index is 13.0. The Morgan fingerprint density at radius 1 is 1.03 bits per heavy atom. The fourth-order valence-corrected chi connectivity index (χ4v) is 4.37. The third-order valence-corrected chi connectivity index (χ3v) is 6.00. The molecule has 2 N–H and O–H groups in total. The quantitative estimate of drug-likeness (QED) is 0.480. The van der Waals surface area contributed by atoms with Crippen LogP contribution in [-0.2, 0) is 10.0 Å². The third kappa shape index (κ3) is 3.65. The van der Waals surface area contributed by atoms with Crippen molar-refractivity contribution in [3.63, 3.8) is 0 Å². The number of hydrogen-bond donors (Lipinski definition) is 2. The number of pyridine rings is 1. The summed E-state index contributed by atoms with van der Waals surface area (Å²) in [5.74, 6) is -0.599. The normalized spacial score (nSPS) is 11.5. The average Bonchev–Trinajstić information content (AvgIpc) is 2.73. The number of hydrogen-bond acceptors (Lipinski definition) is 5. The second kappa shape index (κ2) is 7.64. The molecule has 4 aromatic rings. The van der Waals surface area contributed by atoms with Crippen molar-refractivity contribution in [1.82, 2.24) is 4.98 Å². The highest BCUT2D eigenvalue weighted by Gasteiger charge is 2.18. The van der Waals surface area contributed by atoms with Crippen molar-refractivity contribution < 1.29 is 23.1 Å². The van der Waals surface area contributed by atoms with Gasteiger partial charge in [-0.2, -0.15) is 0 Å². The number of ether oxygens (including phenoxy) is 1. The third-order valence-electron chi connectivity index (χ3n) is 4.64. The van der Waals surface area contributed by atoms with E-state index in [2.05, 4.69) is 9.71 Å². The molecule has 0 amide bonds. The van der Waals surface area contributed by atoms with Gasteiger partial charge in [-0.25, -0.2) is 18.2 Å². The van der Waals surface area contributed by atoms with Crippen LogP contribution >= 0.6 is 0 Å². The first-order valence-corrected chi connectivity index (χ1v) is 10.7. The van der Waals surface area contributed by atoms with Crippen molar-refractivity contribution in [3.05, 3.63) is 72.3 Å². The lowest BCUT2D eigenvalue weighted by atomic mass is 10.0. The van der Waals surface area contributed by atoms with Gasteiger partial charge in [0, 0.05) is 16.8 Å². The summed E-state index contributed by atoms with van der Waals surface area (Å²) in [6.07, 6.45) is 0. The zero-order chi connectivity index (χ0) is 21.3. The minimum Gasteiger partial charge on any atom is -0.478 e. The fourth-order valence-electron chi connectivity index (χ4n) is 3.26. The summed E-state index contributed by atoms with van der Waals surface area (Å²) in [7, 11) is -3.91. The molecule has 0 unspecified atom stereocenters. The van der Waals surface area contributed by atoms with E-state index in [9.17, 15) is 18.3 Å². The van der Waals surface area contributed by atoms with Crippen LogP contribution in [0.15, 0.2) is 71.6 Å². The molecule has 0 aliphatic rings. The molecule has 152 valence electrons. The summed E-state index contributed by atoms with van der Waals surface area (Å²) in [6.45, 7) is 2.35. The minimum atomic E-state index is -3.91. The van der Waals surface area contributed by atoms with Gasteiger partial charge in [0.15, 0.2) is 0 Å². The summed E-state index contributed by atoms with van der Waals surface area (Å²) in [6, 6.07) is 17.7. The largest absolute Gasteiger partial charge is 0.478 e. The molecular formula is C22H18N2O5S. The number of aromatic carboxylic acids is 1. The molecule has 8 heteroatoms. The van der Waals surface area contributed by atoms with Crippen molar-refractivity contribution in [1.29, 1.82) is 0 Å². The molecule has 0 saturated heterocycles. The molecule has 0 fully saturated rings. The Morgan fingerprint density at radius 2 is 1.80 bits per heavy atom. The molecule has 1 aromatic heterocycles. The van der Waals surface area contributed by atoms with Crippen LogP contribution in [0, 0.1) is 0 Å². The minimum absolute atomic E-state index is 0.0763. The number of rotatable bonds is 6. The van der Waals surface area contributed by atoms with Crippen LogP contribution in [0.25, 0.3) is 21.7 Å². The summed E-state index contributed by atoms with van der Waals surface area (Å²) in [4.78, 5) is 15.9. The molecule has 1 heterocycles. The SMILES string of the molecule is CCOc1ccc2cc(S(=O)(=O)Nc3ccc(C(=O)O)c4ccccc34)ccc2n1. The van der Waals surface area contributed by atoms with Crippen LogP contribution < -0.4 is 9.46 Å². The first kappa shape index (κ1) is 19.7. The fraction of sp³-hybridized carbons (Fsp3) is 0.0909. The van der Waals surface area contributed by atoms with Crippen molar-refractivity contribution in [2.75, 3.05) is 11.3 Å². The standard InChI is InChI=1S/C22H18N2O5S/c1-2-29-21-12-7-14-13-15(8-10-19(14)23-21)30(27,28)24-20-11-9-18(22(25)26)16-5-3-4-6-17(16)20/h3-13,24H,2H2,1H3,(H,25,26). The number of anilines is 1. The second-order valence-corrected chi connectivity index (χ2v) is 8.24. The summed E-state index contributed by atoms with van der Waals surface area (Å²) in [5, 5.41) is 11.0. The summed E-state index contributed by atoms with van der Waals surface area (Å²) in [5.41, 5.74) is 1.03. The van der Waals surface area contributed by atoms with Crippen molar-refractivity contribution in [2.24, 2.45) is 0 Å². The van der Waals surface area contributed by atoms with Gasteiger partial charge in [-0.1, -0.05) is 24.3 Å². The van der Waals surface area contributed by atoms with Gasteiger partial charge in [-0.15, -0.1) is 0 Å². The Bertz CT molecular complexity index is 1380. The van der Waals surface area contributed by atoms with Gasteiger partial charge < -0.3 is 9.84 Å². The Balaban J connectivity index is 1.74. The van der Waals surface area contributed by atoms with Crippen LogP contribution in [-0.4, -0.2) is 31.1 Å². The van der Waals surface area contributed by atoms with Crippen LogP contribution in [0.3, 0.4) is 0 Å². The second-order valence-electron chi connectivity index (χ2n) is 6.55. The zero-order valence-electron chi connectivity index (χ0n) is 16.0. The van der Waals surface area contributed by atoms with E-state index in [4.69, 9.17) is 4.74 Å². The van der Waals surface area contributed by atoms with Crippen molar-refractivity contribution in [2.45, 2.75) is 11.8 Å². The maximum Gasteiger partial charge on any atom is 0.336 e. The molecule has 30 heavy (non-hydrogen) atoms. The molecule has 0 bridgehead atoms. The molecule has 0 radical (unpaired) electrons. The molecule has 0 saturated carbocycles. The van der Waals surface area contributed by atoms with Crippen LogP contribution in [0.1, 0.15) is 17.3 Å². The molecule has 4 rings (SSSR count). The number of sulfonamides is 1. The molecule has 0 spiro atoms.